The maximum absolute atomic E-state index is 9.41. The van der Waals surface area contributed by atoms with Gasteiger partial charge in [-0.2, -0.15) is 0 Å². The van der Waals surface area contributed by atoms with Gasteiger partial charge in [0.2, 0.25) is 0 Å². The molecule has 22 heavy (non-hydrogen) atoms. The summed E-state index contributed by atoms with van der Waals surface area (Å²) in [5.74, 6) is 1.11. The summed E-state index contributed by atoms with van der Waals surface area (Å²) in [6.45, 7) is 1.89. The van der Waals surface area contributed by atoms with E-state index in [0.29, 0.717) is 21.7 Å². The van der Waals surface area contributed by atoms with E-state index in [2.05, 4.69) is 15.3 Å². The summed E-state index contributed by atoms with van der Waals surface area (Å²) in [7, 11) is 0. The third-order valence-corrected chi connectivity index (χ3v) is 3.79. The molecule has 7 heteroatoms. The van der Waals surface area contributed by atoms with Gasteiger partial charge in [0.05, 0.1) is 22.8 Å². The van der Waals surface area contributed by atoms with Crippen molar-refractivity contribution in [3.8, 4) is 11.4 Å². The fourth-order valence-corrected chi connectivity index (χ4v) is 2.12. The molecule has 2 aromatic rings. The number of aliphatic hydroxyl groups excluding tert-OH is 2. The maximum atomic E-state index is 9.41. The van der Waals surface area contributed by atoms with E-state index in [-0.39, 0.29) is 13.2 Å². The minimum atomic E-state index is -0.839. The molecule has 0 aliphatic heterocycles. The number of nitrogens with one attached hydrogen (secondary N) is 1. The second-order valence-corrected chi connectivity index (χ2v) is 5.58. The van der Waals surface area contributed by atoms with Gasteiger partial charge in [0.15, 0.2) is 5.82 Å². The molecule has 0 spiro atoms. The molecular formula is C15H17Cl2N3O2. The molecule has 0 aliphatic carbocycles. The molecule has 118 valence electrons. The lowest BCUT2D eigenvalue weighted by atomic mass is 10.2. The molecule has 1 aromatic carbocycles. The normalized spacial score (nSPS) is 12.2. The van der Waals surface area contributed by atoms with Crippen molar-refractivity contribution in [2.45, 2.75) is 19.4 Å². The fourth-order valence-electron chi connectivity index (χ4n) is 1.82. The number of hydrogen-bond acceptors (Lipinski definition) is 5. The molecule has 2 rings (SSSR count). The summed E-state index contributed by atoms with van der Waals surface area (Å²) >= 11 is 12.0. The Morgan fingerprint density at radius 2 is 1.95 bits per heavy atom. The average molecular weight is 342 g/mol. The number of aliphatic hydroxyl groups is 2. The zero-order valence-corrected chi connectivity index (χ0v) is 13.6. The number of anilines is 1. The maximum Gasteiger partial charge on any atom is 0.161 e. The van der Waals surface area contributed by atoms with E-state index in [1.165, 1.54) is 0 Å². The second kappa shape index (κ2) is 7.74. The monoisotopic (exact) mass is 341 g/mol. The smallest absolute Gasteiger partial charge is 0.161 e. The molecule has 0 bridgehead atoms. The molecule has 1 heterocycles. The van der Waals surface area contributed by atoms with Crippen LogP contribution in [-0.4, -0.2) is 39.4 Å². The van der Waals surface area contributed by atoms with Gasteiger partial charge in [-0.25, -0.2) is 9.97 Å². The van der Waals surface area contributed by atoms with Crippen LogP contribution in [0.5, 0.6) is 0 Å². The molecule has 5 nitrogen and oxygen atoms in total. The van der Waals surface area contributed by atoms with Crippen LogP contribution in [0.3, 0.4) is 0 Å². The molecule has 3 N–H and O–H groups in total. The van der Waals surface area contributed by atoms with Crippen molar-refractivity contribution in [2.24, 2.45) is 0 Å². The van der Waals surface area contributed by atoms with Crippen LogP contribution < -0.4 is 5.32 Å². The van der Waals surface area contributed by atoms with E-state index < -0.39 is 6.10 Å². The number of hydrogen-bond donors (Lipinski definition) is 3. The fraction of sp³-hybridized carbons (Fsp3) is 0.333. The molecule has 0 fully saturated rings. The number of nitrogens with zero attached hydrogens (tertiary/aromatic N) is 2. The highest BCUT2D eigenvalue weighted by Crippen LogP contribution is 2.27. The van der Waals surface area contributed by atoms with Gasteiger partial charge in [-0.05, 0) is 24.6 Å². The molecule has 1 atom stereocenters. The summed E-state index contributed by atoms with van der Waals surface area (Å²) < 4.78 is 0. The lowest BCUT2D eigenvalue weighted by Gasteiger charge is -2.12. The van der Waals surface area contributed by atoms with Crippen molar-refractivity contribution in [3.05, 3.63) is 40.0 Å². The summed E-state index contributed by atoms with van der Waals surface area (Å²) in [5.41, 5.74) is 1.62. The third-order valence-electron chi connectivity index (χ3n) is 3.05. The van der Waals surface area contributed by atoms with Crippen LogP contribution in [0.25, 0.3) is 11.4 Å². The average Bonchev–Trinajstić information content (AvgIpc) is 2.54. The van der Waals surface area contributed by atoms with Crippen LogP contribution in [-0.2, 0) is 6.42 Å². The third kappa shape index (κ3) is 4.30. The van der Waals surface area contributed by atoms with Crippen LogP contribution in [0.2, 0.25) is 10.0 Å². The van der Waals surface area contributed by atoms with E-state index in [4.69, 9.17) is 28.3 Å². The van der Waals surface area contributed by atoms with Crippen molar-refractivity contribution in [3.63, 3.8) is 0 Å². The van der Waals surface area contributed by atoms with Crippen molar-refractivity contribution in [2.75, 3.05) is 18.5 Å². The largest absolute Gasteiger partial charge is 0.394 e. The number of benzene rings is 1. The summed E-state index contributed by atoms with van der Waals surface area (Å²) in [4.78, 5) is 8.89. The molecule has 0 saturated heterocycles. The van der Waals surface area contributed by atoms with Crippen molar-refractivity contribution < 1.29 is 10.2 Å². The van der Waals surface area contributed by atoms with Gasteiger partial charge in [0, 0.05) is 23.9 Å². The van der Waals surface area contributed by atoms with E-state index in [1.54, 1.807) is 18.2 Å². The van der Waals surface area contributed by atoms with Gasteiger partial charge in [-0.15, -0.1) is 0 Å². The van der Waals surface area contributed by atoms with Gasteiger partial charge in [0.1, 0.15) is 5.82 Å². The Morgan fingerprint density at radius 3 is 2.59 bits per heavy atom. The predicted molar refractivity (Wildman–Crippen MR) is 88.4 cm³/mol. The summed E-state index contributed by atoms with van der Waals surface area (Å²) in [5, 5.41) is 22.2. The Bertz CT molecular complexity index is 653. The Balaban J connectivity index is 2.32. The first-order valence-corrected chi connectivity index (χ1v) is 7.65. The van der Waals surface area contributed by atoms with Gasteiger partial charge in [-0.3, -0.25) is 0 Å². The van der Waals surface area contributed by atoms with Gasteiger partial charge in [0.25, 0.3) is 0 Å². The van der Waals surface area contributed by atoms with E-state index in [0.717, 1.165) is 17.7 Å². The van der Waals surface area contributed by atoms with Crippen LogP contribution >= 0.6 is 23.2 Å². The highest BCUT2D eigenvalue weighted by atomic mass is 35.5. The van der Waals surface area contributed by atoms with Crippen LogP contribution in [0.4, 0.5) is 5.82 Å². The molecule has 0 saturated carbocycles. The Hall–Kier alpha value is -1.40. The molecule has 0 radical (unpaired) electrons. The molecule has 0 aliphatic rings. The van der Waals surface area contributed by atoms with E-state index in [9.17, 15) is 5.11 Å². The van der Waals surface area contributed by atoms with Crippen LogP contribution in [0.15, 0.2) is 24.3 Å². The molecule has 1 unspecified atom stereocenters. The standard InChI is InChI=1S/C15H17Cl2N3O2/c1-2-10-6-14(18-7-11(22)8-21)20-15(19-10)9-3-4-12(16)13(17)5-9/h3-6,11,21-22H,2,7-8H2,1H3,(H,18,19,20). The highest BCUT2D eigenvalue weighted by molar-refractivity contribution is 6.42. The quantitative estimate of drug-likeness (QED) is 0.752. The first-order chi connectivity index (χ1) is 10.5. The van der Waals surface area contributed by atoms with Crippen molar-refractivity contribution in [1.82, 2.24) is 9.97 Å². The number of aryl methyl sites for hydroxylation is 1. The number of halogens is 2. The predicted octanol–water partition coefficient (Wildman–Crippen LogP) is 2.78. The SMILES string of the molecule is CCc1cc(NCC(O)CO)nc(-c2ccc(Cl)c(Cl)c2)n1. The topological polar surface area (TPSA) is 78.3 Å². The number of aromatic nitrogens is 2. The summed E-state index contributed by atoms with van der Waals surface area (Å²) in [6, 6.07) is 7.02. The zero-order chi connectivity index (χ0) is 16.1. The van der Waals surface area contributed by atoms with Gasteiger partial charge in [-0.1, -0.05) is 30.1 Å². The minimum absolute atomic E-state index is 0.206. The van der Waals surface area contributed by atoms with Gasteiger partial charge < -0.3 is 15.5 Å². The Kier molecular flexibility index (Phi) is 5.97. The molecule has 1 aromatic heterocycles. The van der Waals surface area contributed by atoms with Crippen molar-refractivity contribution in [1.29, 1.82) is 0 Å². The lowest BCUT2D eigenvalue weighted by molar-refractivity contribution is 0.105. The lowest BCUT2D eigenvalue weighted by Crippen LogP contribution is -2.23. The second-order valence-electron chi connectivity index (χ2n) is 4.77. The zero-order valence-electron chi connectivity index (χ0n) is 12.1. The van der Waals surface area contributed by atoms with Gasteiger partial charge >= 0.3 is 0 Å². The summed E-state index contributed by atoms with van der Waals surface area (Å²) in [6.07, 6.45) is -0.0953. The minimum Gasteiger partial charge on any atom is -0.394 e. The van der Waals surface area contributed by atoms with Crippen molar-refractivity contribution >= 4 is 29.0 Å². The molecular weight excluding hydrogens is 325 g/mol. The van der Waals surface area contributed by atoms with E-state index >= 15 is 0 Å². The van der Waals surface area contributed by atoms with Crippen LogP contribution in [0.1, 0.15) is 12.6 Å². The first kappa shape index (κ1) is 17.0. The number of rotatable bonds is 6. The first-order valence-electron chi connectivity index (χ1n) is 6.89. The van der Waals surface area contributed by atoms with E-state index in [1.807, 2.05) is 13.0 Å². The Labute approximate surface area is 138 Å². The Morgan fingerprint density at radius 1 is 1.18 bits per heavy atom. The van der Waals surface area contributed by atoms with Crippen LogP contribution in [0, 0.1) is 0 Å². The molecule has 0 amide bonds. The highest BCUT2D eigenvalue weighted by Gasteiger charge is 2.09.